The van der Waals surface area contributed by atoms with Crippen molar-refractivity contribution in [2.24, 2.45) is 5.73 Å². The average Bonchev–Trinajstić information content (AvgIpc) is 2.23. The molecule has 0 aromatic carbocycles. The maximum Gasteiger partial charge on any atom is 0.410 e. The molecule has 6 heteroatoms. The van der Waals surface area contributed by atoms with Gasteiger partial charge < -0.3 is 15.6 Å². The summed E-state index contributed by atoms with van der Waals surface area (Å²) in [4.78, 5) is 12.4. The Balaban J connectivity index is 3.13. The Hall–Kier alpha value is -0.880. The lowest BCUT2D eigenvalue weighted by atomic mass is 10.0. The van der Waals surface area contributed by atoms with Crippen LogP contribution in [0.25, 0.3) is 0 Å². The Morgan fingerprint density at radius 2 is 2.07 bits per heavy atom. The van der Waals surface area contributed by atoms with Crippen LogP contribution in [0.3, 0.4) is 0 Å². The number of ether oxygens (including phenoxy) is 1. The molecular weight excluding hydrogens is 204 g/mol. The molecule has 0 saturated carbocycles. The number of carboxylic acid groups (broad SMARTS) is 1. The molecule has 0 spiro atoms. The van der Waals surface area contributed by atoms with E-state index in [4.69, 9.17) is 27.8 Å². The van der Waals surface area contributed by atoms with E-state index in [-0.39, 0.29) is 11.6 Å². The summed E-state index contributed by atoms with van der Waals surface area (Å²) < 4.78 is 5.37. The number of thiocarbonyl (C=S) groups is 1. The molecule has 14 heavy (non-hydrogen) atoms. The molecule has 1 saturated heterocycles. The Kier molecular flexibility index (Phi) is 2.45. The molecule has 1 fully saturated rings. The molecule has 0 aromatic rings. The van der Waals surface area contributed by atoms with Crippen LogP contribution in [0, 0.1) is 0 Å². The summed E-state index contributed by atoms with van der Waals surface area (Å²) in [6.45, 7) is 5.20. The SMILES string of the molecule is CC1(C)OCC(C)(C(N)=S)N1C(=O)O. The van der Waals surface area contributed by atoms with Gasteiger partial charge in [-0.1, -0.05) is 12.2 Å². The van der Waals surface area contributed by atoms with E-state index in [1.165, 1.54) is 0 Å². The fourth-order valence-electron chi connectivity index (χ4n) is 1.66. The number of hydrogen-bond acceptors (Lipinski definition) is 3. The number of hydrogen-bond donors (Lipinski definition) is 2. The number of rotatable bonds is 1. The molecule has 1 aliphatic heterocycles. The highest BCUT2D eigenvalue weighted by atomic mass is 32.1. The third-order valence-electron chi connectivity index (χ3n) is 2.46. The molecule has 0 aliphatic carbocycles. The van der Waals surface area contributed by atoms with Gasteiger partial charge in [-0.3, -0.25) is 4.90 Å². The topological polar surface area (TPSA) is 75.8 Å². The minimum absolute atomic E-state index is 0.130. The van der Waals surface area contributed by atoms with Crippen LogP contribution >= 0.6 is 12.2 Å². The lowest BCUT2D eigenvalue weighted by Gasteiger charge is -2.36. The van der Waals surface area contributed by atoms with Crippen molar-refractivity contribution < 1.29 is 14.6 Å². The highest BCUT2D eigenvalue weighted by molar-refractivity contribution is 7.80. The van der Waals surface area contributed by atoms with Gasteiger partial charge in [0.15, 0.2) is 0 Å². The molecule has 0 aromatic heterocycles. The van der Waals surface area contributed by atoms with Crippen molar-refractivity contribution in [3.05, 3.63) is 0 Å². The van der Waals surface area contributed by atoms with Crippen LogP contribution < -0.4 is 5.73 Å². The fourth-order valence-corrected chi connectivity index (χ4v) is 1.81. The molecule has 3 N–H and O–H groups in total. The van der Waals surface area contributed by atoms with Crippen molar-refractivity contribution in [2.45, 2.75) is 32.0 Å². The highest BCUT2D eigenvalue weighted by Gasteiger charge is 2.53. The fraction of sp³-hybridized carbons (Fsp3) is 0.750. The summed E-state index contributed by atoms with van der Waals surface area (Å²) in [7, 11) is 0. The number of amides is 1. The zero-order valence-electron chi connectivity index (χ0n) is 8.40. The molecule has 1 atom stereocenters. The minimum atomic E-state index is -1.08. The summed E-state index contributed by atoms with van der Waals surface area (Å²) in [5, 5.41) is 9.06. The van der Waals surface area contributed by atoms with Gasteiger partial charge in [0.1, 0.15) is 16.3 Å². The van der Waals surface area contributed by atoms with Gasteiger partial charge in [-0.2, -0.15) is 0 Å². The Labute approximate surface area is 87.8 Å². The van der Waals surface area contributed by atoms with Crippen LogP contribution in [0.15, 0.2) is 0 Å². The standard InChI is InChI=1S/C8H14N2O3S/c1-7(2)10(6(11)12)8(3,4-13-7)5(9)14/h4H2,1-3H3,(H2,9,14)(H,11,12). The second-order valence-electron chi connectivity index (χ2n) is 3.99. The molecule has 0 radical (unpaired) electrons. The predicted molar refractivity (Wildman–Crippen MR) is 55.1 cm³/mol. The smallest absolute Gasteiger partial charge is 0.410 e. The Bertz CT molecular complexity index is 292. The van der Waals surface area contributed by atoms with Gasteiger partial charge in [-0.25, -0.2) is 4.79 Å². The summed E-state index contributed by atoms with van der Waals surface area (Å²) in [5.74, 6) is 0. The zero-order valence-corrected chi connectivity index (χ0v) is 9.22. The van der Waals surface area contributed by atoms with Gasteiger partial charge in [-0.15, -0.1) is 0 Å². The van der Waals surface area contributed by atoms with E-state index in [0.717, 1.165) is 4.90 Å². The van der Waals surface area contributed by atoms with E-state index in [2.05, 4.69) is 0 Å². The van der Waals surface area contributed by atoms with Crippen LogP contribution in [0.5, 0.6) is 0 Å². The van der Waals surface area contributed by atoms with Crippen LogP contribution in [-0.4, -0.2) is 39.0 Å². The van der Waals surface area contributed by atoms with Crippen molar-refractivity contribution in [1.82, 2.24) is 4.90 Å². The van der Waals surface area contributed by atoms with Gasteiger partial charge in [0, 0.05) is 0 Å². The van der Waals surface area contributed by atoms with E-state index in [1.54, 1.807) is 20.8 Å². The normalized spacial score (nSPS) is 30.4. The molecule has 1 aliphatic rings. The quantitative estimate of drug-likeness (QED) is 0.636. The lowest BCUT2D eigenvalue weighted by molar-refractivity contribution is -0.0432. The molecule has 1 unspecified atom stereocenters. The van der Waals surface area contributed by atoms with E-state index < -0.39 is 17.4 Å². The molecule has 1 heterocycles. The molecule has 1 amide bonds. The van der Waals surface area contributed by atoms with Crippen molar-refractivity contribution in [2.75, 3.05) is 6.61 Å². The monoisotopic (exact) mass is 218 g/mol. The zero-order chi connectivity index (χ0) is 11.1. The summed E-state index contributed by atoms with van der Waals surface area (Å²) in [6.07, 6.45) is -1.08. The first-order valence-electron chi connectivity index (χ1n) is 4.19. The van der Waals surface area contributed by atoms with Gasteiger partial charge in [0.2, 0.25) is 0 Å². The first-order valence-corrected chi connectivity index (χ1v) is 4.60. The van der Waals surface area contributed by atoms with Crippen LogP contribution in [0.2, 0.25) is 0 Å². The maximum atomic E-state index is 11.1. The van der Waals surface area contributed by atoms with E-state index in [1.807, 2.05) is 0 Å². The third kappa shape index (κ3) is 1.44. The molecular formula is C8H14N2O3S. The molecule has 5 nitrogen and oxygen atoms in total. The summed E-state index contributed by atoms with van der Waals surface area (Å²) >= 11 is 4.86. The first-order chi connectivity index (χ1) is 6.22. The molecule has 1 rings (SSSR count). The lowest BCUT2D eigenvalue weighted by Crippen LogP contribution is -2.59. The minimum Gasteiger partial charge on any atom is -0.465 e. The van der Waals surface area contributed by atoms with Crippen molar-refractivity contribution >= 4 is 23.3 Å². The van der Waals surface area contributed by atoms with Crippen LogP contribution in [-0.2, 0) is 4.74 Å². The number of nitrogens with two attached hydrogens (primary N) is 1. The maximum absolute atomic E-state index is 11.1. The predicted octanol–water partition coefficient (Wildman–Crippen LogP) is 0.778. The second kappa shape index (κ2) is 3.06. The summed E-state index contributed by atoms with van der Waals surface area (Å²) in [5.41, 5.74) is 3.73. The molecule has 80 valence electrons. The van der Waals surface area contributed by atoms with E-state index >= 15 is 0 Å². The van der Waals surface area contributed by atoms with Crippen LogP contribution in [0.1, 0.15) is 20.8 Å². The third-order valence-corrected chi connectivity index (χ3v) is 2.90. The number of nitrogens with zero attached hydrogens (tertiary/aromatic N) is 1. The van der Waals surface area contributed by atoms with Crippen molar-refractivity contribution in [3.8, 4) is 0 Å². The van der Waals surface area contributed by atoms with E-state index in [9.17, 15) is 4.79 Å². The van der Waals surface area contributed by atoms with Gasteiger partial charge in [-0.05, 0) is 20.8 Å². The Morgan fingerprint density at radius 3 is 2.36 bits per heavy atom. The largest absolute Gasteiger partial charge is 0.465 e. The Morgan fingerprint density at radius 1 is 1.57 bits per heavy atom. The van der Waals surface area contributed by atoms with E-state index in [0.29, 0.717) is 0 Å². The van der Waals surface area contributed by atoms with Gasteiger partial charge in [0.25, 0.3) is 0 Å². The van der Waals surface area contributed by atoms with Gasteiger partial charge >= 0.3 is 6.09 Å². The highest BCUT2D eigenvalue weighted by Crippen LogP contribution is 2.34. The first kappa shape index (κ1) is 11.2. The van der Waals surface area contributed by atoms with Crippen LogP contribution in [0.4, 0.5) is 4.79 Å². The summed E-state index contributed by atoms with van der Waals surface area (Å²) in [6, 6.07) is 0. The number of carbonyl (C=O) groups is 1. The second-order valence-corrected chi connectivity index (χ2v) is 4.43. The average molecular weight is 218 g/mol. The van der Waals surface area contributed by atoms with Gasteiger partial charge in [0.05, 0.1) is 6.61 Å². The molecule has 0 bridgehead atoms. The van der Waals surface area contributed by atoms with Crippen molar-refractivity contribution in [1.29, 1.82) is 0 Å². The van der Waals surface area contributed by atoms with Crippen molar-refractivity contribution in [3.63, 3.8) is 0 Å².